The second-order valence-corrected chi connectivity index (χ2v) is 4.15. The average molecular weight is 238 g/mol. The van der Waals surface area contributed by atoms with Crippen LogP contribution in [0.25, 0.3) is 0 Å². The molecular formula is C15H14N2O. The van der Waals surface area contributed by atoms with Gasteiger partial charge >= 0.3 is 0 Å². The van der Waals surface area contributed by atoms with Gasteiger partial charge in [0.25, 0.3) is 0 Å². The number of benzene rings is 1. The Morgan fingerprint density at radius 3 is 2.67 bits per heavy atom. The molecule has 18 heavy (non-hydrogen) atoms. The van der Waals surface area contributed by atoms with Gasteiger partial charge in [-0.15, -0.1) is 0 Å². The number of nitrogens with zero attached hydrogens (tertiary/aromatic N) is 2. The molecule has 0 atom stereocenters. The Balaban J connectivity index is 2.12. The molecule has 0 spiro atoms. The molecule has 0 radical (unpaired) electrons. The van der Waals surface area contributed by atoms with Crippen LogP contribution in [-0.2, 0) is 17.6 Å². The van der Waals surface area contributed by atoms with E-state index < -0.39 is 0 Å². The zero-order valence-corrected chi connectivity index (χ0v) is 10.3. The highest BCUT2D eigenvalue weighted by molar-refractivity contribution is 5.49. The lowest BCUT2D eigenvalue weighted by molar-refractivity contribution is 0.565. The van der Waals surface area contributed by atoms with E-state index in [4.69, 9.17) is 0 Å². The van der Waals surface area contributed by atoms with Crippen molar-refractivity contribution in [2.45, 2.75) is 19.8 Å². The number of pyridine rings is 1. The van der Waals surface area contributed by atoms with Crippen molar-refractivity contribution in [3.63, 3.8) is 0 Å². The molecule has 90 valence electrons. The van der Waals surface area contributed by atoms with E-state index in [2.05, 4.69) is 22.1 Å². The normalized spacial score (nSPS) is 9.83. The Bertz CT molecular complexity index is 572. The molecule has 0 aliphatic heterocycles. The van der Waals surface area contributed by atoms with Crippen molar-refractivity contribution in [1.82, 2.24) is 4.98 Å². The summed E-state index contributed by atoms with van der Waals surface area (Å²) in [7, 11) is 0. The van der Waals surface area contributed by atoms with Crippen LogP contribution in [-0.4, -0.2) is 11.1 Å². The third-order valence-corrected chi connectivity index (χ3v) is 2.68. The van der Waals surface area contributed by atoms with Crippen LogP contribution in [0.3, 0.4) is 0 Å². The second-order valence-electron chi connectivity index (χ2n) is 4.15. The van der Waals surface area contributed by atoms with Crippen molar-refractivity contribution in [3.8, 4) is 0 Å². The fourth-order valence-electron chi connectivity index (χ4n) is 1.88. The van der Waals surface area contributed by atoms with Crippen molar-refractivity contribution in [2.75, 3.05) is 0 Å². The standard InChI is InChI=1S/C15H14N2O/c1-12-9-15(16-11-18)10-14(17-12)8-7-13-5-3-2-4-6-13/h2-6,9-10H,7-8H2,1H3. The lowest BCUT2D eigenvalue weighted by atomic mass is 10.1. The first-order valence-corrected chi connectivity index (χ1v) is 5.87. The molecule has 3 heteroatoms. The van der Waals surface area contributed by atoms with Crippen molar-refractivity contribution < 1.29 is 4.79 Å². The predicted octanol–water partition coefficient (Wildman–Crippen LogP) is 3.14. The van der Waals surface area contributed by atoms with Crippen LogP contribution in [0.2, 0.25) is 0 Å². The summed E-state index contributed by atoms with van der Waals surface area (Å²) < 4.78 is 0. The summed E-state index contributed by atoms with van der Waals surface area (Å²) in [6, 6.07) is 13.9. The molecule has 1 heterocycles. The Morgan fingerprint density at radius 2 is 1.94 bits per heavy atom. The first-order chi connectivity index (χ1) is 8.78. The number of hydrogen-bond acceptors (Lipinski definition) is 3. The molecule has 0 saturated heterocycles. The molecule has 2 rings (SSSR count). The van der Waals surface area contributed by atoms with Gasteiger partial charge in [-0.1, -0.05) is 30.3 Å². The zero-order chi connectivity index (χ0) is 12.8. The summed E-state index contributed by atoms with van der Waals surface area (Å²) >= 11 is 0. The molecule has 3 nitrogen and oxygen atoms in total. The van der Waals surface area contributed by atoms with E-state index in [0.717, 1.165) is 24.2 Å². The van der Waals surface area contributed by atoms with E-state index in [-0.39, 0.29) is 0 Å². The van der Waals surface area contributed by atoms with E-state index in [0.29, 0.717) is 5.69 Å². The molecule has 0 N–H and O–H groups in total. The molecule has 0 fully saturated rings. The number of hydrogen-bond donors (Lipinski definition) is 0. The predicted molar refractivity (Wildman–Crippen MR) is 70.6 cm³/mol. The van der Waals surface area contributed by atoms with Gasteiger partial charge in [0, 0.05) is 11.4 Å². The van der Waals surface area contributed by atoms with Crippen LogP contribution >= 0.6 is 0 Å². The van der Waals surface area contributed by atoms with E-state index in [9.17, 15) is 4.79 Å². The quantitative estimate of drug-likeness (QED) is 0.606. The van der Waals surface area contributed by atoms with Gasteiger partial charge in [-0.3, -0.25) is 4.98 Å². The molecular weight excluding hydrogens is 224 g/mol. The molecule has 0 bridgehead atoms. The summed E-state index contributed by atoms with van der Waals surface area (Å²) in [4.78, 5) is 18.3. The topological polar surface area (TPSA) is 42.3 Å². The monoisotopic (exact) mass is 238 g/mol. The summed E-state index contributed by atoms with van der Waals surface area (Å²) in [6.45, 7) is 1.90. The highest BCUT2D eigenvalue weighted by Crippen LogP contribution is 2.15. The van der Waals surface area contributed by atoms with Crippen LogP contribution in [0.4, 0.5) is 5.69 Å². The second kappa shape index (κ2) is 5.89. The van der Waals surface area contributed by atoms with Crippen molar-refractivity contribution >= 4 is 11.8 Å². The van der Waals surface area contributed by atoms with Gasteiger partial charge in [-0.2, -0.15) is 4.99 Å². The number of aliphatic imine (C=N–C) groups is 1. The fourth-order valence-corrected chi connectivity index (χ4v) is 1.88. The first kappa shape index (κ1) is 12.2. The lowest BCUT2D eigenvalue weighted by Crippen LogP contribution is -1.95. The molecule has 0 saturated carbocycles. The third kappa shape index (κ3) is 3.37. The van der Waals surface area contributed by atoms with Gasteiger partial charge < -0.3 is 0 Å². The maximum absolute atomic E-state index is 10.3. The van der Waals surface area contributed by atoms with Gasteiger partial charge in [0.1, 0.15) is 0 Å². The molecule has 0 amide bonds. The van der Waals surface area contributed by atoms with Crippen LogP contribution < -0.4 is 0 Å². The average Bonchev–Trinajstić information content (AvgIpc) is 2.37. The van der Waals surface area contributed by atoms with Crippen molar-refractivity contribution in [2.24, 2.45) is 4.99 Å². The smallest absolute Gasteiger partial charge is 0.240 e. The Hall–Kier alpha value is -2.25. The molecule has 1 aromatic heterocycles. The largest absolute Gasteiger partial charge is 0.258 e. The van der Waals surface area contributed by atoms with Gasteiger partial charge in [0.15, 0.2) is 0 Å². The highest BCUT2D eigenvalue weighted by atomic mass is 16.1. The SMILES string of the molecule is Cc1cc(N=C=O)cc(CCc2ccccc2)n1. The fraction of sp³-hybridized carbons (Fsp3) is 0.200. The van der Waals surface area contributed by atoms with E-state index in [1.165, 1.54) is 5.56 Å². The van der Waals surface area contributed by atoms with Crippen LogP contribution in [0.5, 0.6) is 0 Å². The minimum absolute atomic E-state index is 0.626. The summed E-state index contributed by atoms with van der Waals surface area (Å²) in [5.41, 5.74) is 3.73. The van der Waals surface area contributed by atoms with Gasteiger partial charge in [-0.05, 0) is 37.5 Å². The Kier molecular flexibility index (Phi) is 4.00. The van der Waals surface area contributed by atoms with E-state index in [1.807, 2.05) is 31.2 Å². The summed E-state index contributed by atoms with van der Waals surface area (Å²) in [5.74, 6) is 0. The van der Waals surface area contributed by atoms with Crippen LogP contribution in [0.1, 0.15) is 17.0 Å². The number of isocyanates is 1. The molecule has 1 aromatic carbocycles. The third-order valence-electron chi connectivity index (χ3n) is 2.68. The number of aromatic nitrogens is 1. The molecule has 0 aliphatic rings. The number of rotatable bonds is 4. The van der Waals surface area contributed by atoms with Gasteiger partial charge in [-0.25, -0.2) is 4.79 Å². The first-order valence-electron chi connectivity index (χ1n) is 5.87. The Morgan fingerprint density at radius 1 is 1.17 bits per heavy atom. The van der Waals surface area contributed by atoms with Crippen molar-refractivity contribution in [1.29, 1.82) is 0 Å². The maximum atomic E-state index is 10.3. The van der Waals surface area contributed by atoms with Gasteiger partial charge in [0.05, 0.1) is 5.69 Å². The lowest BCUT2D eigenvalue weighted by Gasteiger charge is -2.03. The van der Waals surface area contributed by atoms with E-state index >= 15 is 0 Å². The summed E-state index contributed by atoms with van der Waals surface area (Å²) in [5, 5.41) is 0. The zero-order valence-electron chi connectivity index (χ0n) is 10.3. The number of carbonyl (C=O) groups excluding carboxylic acids is 1. The van der Waals surface area contributed by atoms with Crippen molar-refractivity contribution in [3.05, 3.63) is 59.4 Å². The summed E-state index contributed by atoms with van der Waals surface area (Å²) in [6.07, 6.45) is 3.33. The van der Waals surface area contributed by atoms with E-state index in [1.54, 1.807) is 12.1 Å². The maximum Gasteiger partial charge on any atom is 0.240 e. The van der Waals surface area contributed by atoms with Crippen LogP contribution in [0, 0.1) is 6.92 Å². The Labute approximate surface area is 106 Å². The molecule has 0 unspecified atom stereocenters. The molecule has 2 aromatic rings. The van der Waals surface area contributed by atoms with Crippen LogP contribution in [0.15, 0.2) is 47.5 Å². The highest BCUT2D eigenvalue weighted by Gasteiger charge is 2.01. The van der Waals surface area contributed by atoms with Gasteiger partial charge in [0.2, 0.25) is 6.08 Å². The minimum Gasteiger partial charge on any atom is -0.258 e. The minimum atomic E-state index is 0.626. The number of aryl methyl sites for hydroxylation is 3. The molecule has 0 aliphatic carbocycles.